The molecule has 0 aliphatic heterocycles. The van der Waals surface area contributed by atoms with Crippen molar-refractivity contribution in [3.63, 3.8) is 0 Å². The van der Waals surface area contributed by atoms with Crippen molar-refractivity contribution in [2.75, 3.05) is 22.5 Å². The number of nitrogens with one attached hydrogen (secondary N) is 1. The van der Waals surface area contributed by atoms with Crippen molar-refractivity contribution < 1.29 is 23.5 Å². The maximum Gasteiger partial charge on any atom is 0.328 e. The molecule has 0 bridgehead atoms. The fraction of sp³-hybridized carbons (Fsp3) is 0.476. The van der Waals surface area contributed by atoms with Crippen LogP contribution in [0, 0.1) is 23.0 Å². The lowest BCUT2D eigenvalue weighted by atomic mass is 9.97. The number of amides is 2. The van der Waals surface area contributed by atoms with Gasteiger partial charge >= 0.3 is 12.0 Å². The number of thioether (sulfide) groups is 1. The summed E-state index contributed by atoms with van der Waals surface area (Å²) in [5, 5.41) is 12.3. The molecule has 1 aliphatic rings. The van der Waals surface area contributed by atoms with Gasteiger partial charge < -0.3 is 5.11 Å². The van der Waals surface area contributed by atoms with E-state index in [9.17, 15) is 23.5 Å². The van der Waals surface area contributed by atoms with Gasteiger partial charge in [-0.05, 0) is 44.7 Å². The van der Waals surface area contributed by atoms with Crippen LogP contribution in [-0.4, -0.2) is 34.4 Å². The molecule has 2 aromatic rings. The summed E-state index contributed by atoms with van der Waals surface area (Å²) in [6, 6.07) is 2.97. The van der Waals surface area contributed by atoms with E-state index in [1.807, 2.05) is 0 Å². The van der Waals surface area contributed by atoms with Crippen LogP contribution >= 0.6 is 23.1 Å². The van der Waals surface area contributed by atoms with Crippen LogP contribution in [0.5, 0.6) is 0 Å². The number of anilines is 2. The highest BCUT2D eigenvalue weighted by Gasteiger charge is 2.28. The predicted octanol–water partition coefficient (Wildman–Crippen LogP) is 5.85. The molecule has 1 aliphatic carbocycles. The number of aromatic nitrogens is 1. The molecule has 10 heteroatoms. The molecule has 168 valence electrons. The SMILES string of the molecule is CC(C)(CSc1cnc(NC(=O)N(CC2CCCC2)c2ccc(F)c(F)c2)s1)C(=O)O. The lowest BCUT2D eigenvalue weighted by Crippen LogP contribution is -2.38. The molecule has 2 N–H and O–H groups in total. The second-order valence-corrected chi connectivity index (χ2v) is 10.6. The highest BCUT2D eigenvalue weighted by atomic mass is 32.2. The number of hydrogen-bond donors (Lipinski definition) is 2. The number of aliphatic carboxylic acids is 1. The number of carbonyl (C=O) groups is 2. The number of carboxylic acid groups (broad SMARTS) is 1. The van der Waals surface area contributed by atoms with Crippen molar-refractivity contribution in [2.45, 2.75) is 43.7 Å². The largest absolute Gasteiger partial charge is 0.481 e. The smallest absolute Gasteiger partial charge is 0.328 e. The minimum absolute atomic E-state index is 0.290. The molecule has 1 aromatic carbocycles. The van der Waals surface area contributed by atoms with E-state index in [1.54, 1.807) is 20.0 Å². The molecule has 0 radical (unpaired) electrons. The average Bonchev–Trinajstić information content (AvgIpc) is 3.38. The first-order valence-corrected chi connectivity index (χ1v) is 11.8. The van der Waals surface area contributed by atoms with Gasteiger partial charge in [0.15, 0.2) is 16.8 Å². The second-order valence-electron chi connectivity index (χ2n) is 8.25. The third-order valence-corrected chi connectivity index (χ3v) is 7.80. The molecule has 6 nitrogen and oxygen atoms in total. The summed E-state index contributed by atoms with van der Waals surface area (Å²) in [6.07, 6.45) is 5.76. The highest BCUT2D eigenvalue weighted by molar-refractivity contribution is 8.01. The lowest BCUT2D eigenvalue weighted by molar-refractivity contribution is -0.145. The number of hydrogen-bond acceptors (Lipinski definition) is 5. The van der Waals surface area contributed by atoms with E-state index in [0.717, 1.165) is 42.0 Å². The molecule has 1 heterocycles. The molecule has 1 saturated carbocycles. The Bertz CT molecular complexity index is 946. The Morgan fingerprint density at radius 3 is 2.65 bits per heavy atom. The molecule has 1 aromatic heterocycles. The zero-order chi connectivity index (χ0) is 22.6. The first-order chi connectivity index (χ1) is 14.7. The Labute approximate surface area is 188 Å². The summed E-state index contributed by atoms with van der Waals surface area (Å²) >= 11 is 2.60. The minimum Gasteiger partial charge on any atom is -0.481 e. The number of carboxylic acids is 1. The van der Waals surface area contributed by atoms with Crippen LogP contribution < -0.4 is 10.2 Å². The quantitative estimate of drug-likeness (QED) is 0.474. The Hall–Kier alpha value is -2.20. The van der Waals surface area contributed by atoms with E-state index in [4.69, 9.17) is 0 Å². The summed E-state index contributed by atoms with van der Waals surface area (Å²) in [6.45, 7) is 3.71. The van der Waals surface area contributed by atoms with Crippen LogP contribution in [0.2, 0.25) is 0 Å². The molecule has 0 unspecified atom stereocenters. The number of halogens is 2. The molecular formula is C21H25F2N3O3S2. The third-order valence-electron chi connectivity index (χ3n) is 5.23. The maximum absolute atomic E-state index is 13.8. The number of rotatable bonds is 8. The molecule has 31 heavy (non-hydrogen) atoms. The molecule has 2 amide bonds. The van der Waals surface area contributed by atoms with Gasteiger partial charge in [-0.1, -0.05) is 24.2 Å². The normalized spacial score (nSPS) is 14.6. The van der Waals surface area contributed by atoms with Crippen molar-refractivity contribution >= 4 is 45.9 Å². The first-order valence-electron chi connectivity index (χ1n) is 10.0. The van der Waals surface area contributed by atoms with Gasteiger partial charge in [-0.2, -0.15) is 0 Å². The van der Waals surface area contributed by atoms with Crippen LogP contribution in [0.3, 0.4) is 0 Å². The summed E-state index contributed by atoms with van der Waals surface area (Å²) in [5.74, 6) is -2.18. The number of benzene rings is 1. The van der Waals surface area contributed by atoms with Gasteiger partial charge in [0.1, 0.15) is 0 Å². The first kappa shape index (κ1) is 23.5. The van der Waals surface area contributed by atoms with Gasteiger partial charge in [-0.3, -0.25) is 15.0 Å². The van der Waals surface area contributed by atoms with Crippen LogP contribution in [0.4, 0.5) is 24.4 Å². The summed E-state index contributed by atoms with van der Waals surface area (Å²) in [4.78, 5) is 29.9. The Kier molecular flexibility index (Phi) is 7.53. The summed E-state index contributed by atoms with van der Waals surface area (Å²) < 4.78 is 28.0. The molecule has 0 atom stereocenters. The number of thiazole rings is 1. The van der Waals surface area contributed by atoms with Crippen LogP contribution in [0.1, 0.15) is 39.5 Å². The maximum atomic E-state index is 13.8. The van der Waals surface area contributed by atoms with E-state index >= 15 is 0 Å². The molecule has 0 saturated heterocycles. The highest BCUT2D eigenvalue weighted by Crippen LogP contribution is 2.34. The number of nitrogens with zero attached hydrogens (tertiary/aromatic N) is 2. The fourth-order valence-corrected chi connectivity index (χ4v) is 5.21. The second kappa shape index (κ2) is 9.95. The topological polar surface area (TPSA) is 82.5 Å². The van der Waals surface area contributed by atoms with Gasteiger partial charge in [0.2, 0.25) is 0 Å². The summed E-state index contributed by atoms with van der Waals surface area (Å²) in [7, 11) is 0. The van der Waals surface area contributed by atoms with Gasteiger partial charge in [0, 0.05) is 24.1 Å². The van der Waals surface area contributed by atoms with Crippen molar-refractivity contribution in [2.24, 2.45) is 11.3 Å². The zero-order valence-electron chi connectivity index (χ0n) is 17.4. The Morgan fingerprint density at radius 1 is 1.29 bits per heavy atom. The van der Waals surface area contributed by atoms with Crippen LogP contribution in [0.25, 0.3) is 0 Å². The summed E-state index contributed by atoms with van der Waals surface area (Å²) in [5.41, 5.74) is -0.597. The Morgan fingerprint density at radius 2 is 2.00 bits per heavy atom. The van der Waals surface area contributed by atoms with Crippen molar-refractivity contribution in [3.8, 4) is 0 Å². The average molecular weight is 470 g/mol. The zero-order valence-corrected chi connectivity index (χ0v) is 19.0. The van der Waals surface area contributed by atoms with E-state index < -0.39 is 29.0 Å². The van der Waals surface area contributed by atoms with Crippen LogP contribution in [0.15, 0.2) is 28.6 Å². The molecule has 3 rings (SSSR count). The van der Waals surface area contributed by atoms with E-state index in [-0.39, 0.29) is 5.69 Å². The van der Waals surface area contributed by atoms with Crippen molar-refractivity contribution in [1.29, 1.82) is 0 Å². The minimum atomic E-state index is -1.00. The Balaban J connectivity index is 1.70. The molecular weight excluding hydrogens is 444 g/mol. The third kappa shape index (κ3) is 6.16. The van der Waals surface area contributed by atoms with E-state index in [1.165, 1.54) is 34.1 Å². The van der Waals surface area contributed by atoms with Gasteiger partial charge in [0.25, 0.3) is 0 Å². The van der Waals surface area contributed by atoms with Gasteiger partial charge in [0.05, 0.1) is 15.8 Å². The van der Waals surface area contributed by atoms with Crippen molar-refractivity contribution in [3.05, 3.63) is 36.0 Å². The monoisotopic (exact) mass is 469 g/mol. The van der Waals surface area contributed by atoms with Crippen LogP contribution in [-0.2, 0) is 4.79 Å². The lowest BCUT2D eigenvalue weighted by Gasteiger charge is -2.25. The van der Waals surface area contributed by atoms with E-state index in [2.05, 4.69) is 10.3 Å². The predicted molar refractivity (Wildman–Crippen MR) is 119 cm³/mol. The fourth-order valence-electron chi connectivity index (χ4n) is 3.27. The van der Waals surface area contributed by atoms with Gasteiger partial charge in [-0.15, -0.1) is 11.8 Å². The molecule has 0 spiro atoms. The van der Waals surface area contributed by atoms with E-state index in [0.29, 0.717) is 23.3 Å². The van der Waals surface area contributed by atoms with Crippen molar-refractivity contribution in [1.82, 2.24) is 4.98 Å². The number of carbonyl (C=O) groups excluding carboxylic acids is 1. The standard InChI is InChI=1S/C21H25F2N3O3S2/c1-21(2,18(27)28)12-30-17-10-24-19(31-17)25-20(29)26(11-13-5-3-4-6-13)14-7-8-15(22)16(23)9-14/h7-10,13H,3-6,11-12H2,1-2H3,(H,27,28)(H,24,25,29). The number of urea groups is 1. The molecule has 1 fully saturated rings. The van der Waals surface area contributed by atoms with Gasteiger partial charge in [-0.25, -0.2) is 18.6 Å².